The Bertz CT molecular complexity index is 793. The molecule has 4 N–H and O–H groups in total. The molecule has 0 aliphatic carbocycles. The molecule has 27 heavy (non-hydrogen) atoms. The Labute approximate surface area is 164 Å². The molecule has 0 spiro atoms. The number of carbonyl (C=O) groups is 2. The van der Waals surface area contributed by atoms with E-state index in [9.17, 15) is 9.59 Å². The molecule has 144 valence electrons. The number of halogens is 1. The van der Waals surface area contributed by atoms with Crippen LogP contribution in [0.2, 0.25) is 0 Å². The van der Waals surface area contributed by atoms with Gasteiger partial charge in [0.2, 0.25) is 5.91 Å². The van der Waals surface area contributed by atoms with E-state index in [-0.39, 0.29) is 24.4 Å². The highest BCUT2D eigenvalue weighted by molar-refractivity contribution is 5.94. The quantitative estimate of drug-likeness (QED) is 0.821. The molecule has 2 atom stereocenters. The number of carbonyl (C=O) groups excluding carboxylic acids is 2. The van der Waals surface area contributed by atoms with Crippen LogP contribution < -0.4 is 16.2 Å². The largest absolute Gasteiger partial charge is 0.457 e. The summed E-state index contributed by atoms with van der Waals surface area (Å²) in [7, 11) is 0. The van der Waals surface area contributed by atoms with E-state index in [1.54, 1.807) is 48.5 Å². The molecule has 1 aliphatic heterocycles. The first-order chi connectivity index (χ1) is 12.5. The Balaban J connectivity index is 0.00000261. The Kier molecular flexibility index (Phi) is 6.82. The van der Waals surface area contributed by atoms with Gasteiger partial charge in [0.1, 0.15) is 11.5 Å². The third kappa shape index (κ3) is 4.78. The zero-order chi connectivity index (χ0) is 18.7. The fourth-order valence-electron chi connectivity index (χ4n) is 3.25. The first-order valence-electron chi connectivity index (χ1n) is 8.66. The van der Waals surface area contributed by atoms with Crippen LogP contribution in [0.1, 0.15) is 34.1 Å². The van der Waals surface area contributed by atoms with Crippen LogP contribution in [0.3, 0.4) is 0 Å². The van der Waals surface area contributed by atoms with E-state index in [0.29, 0.717) is 41.6 Å². The van der Waals surface area contributed by atoms with E-state index >= 15 is 0 Å². The fraction of sp³-hybridized carbons (Fsp3) is 0.300. The molecule has 0 aromatic heterocycles. The standard InChI is InChI=1S/C20H23N3O3.ClH/c1-13-10-14(11-21)12-23(13)20(25)16-4-8-18(9-5-16)26-17-6-2-15(3-7-17)19(22)24;/h2-9,13-14H,10-12,21H2,1H3,(H2,22,24);1H. The van der Waals surface area contributed by atoms with Crippen molar-refractivity contribution < 1.29 is 14.3 Å². The highest BCUT2D eigenvalue weighted by Crippen LogP contribution is 2.26. The van der Waals surface area contributed by atoms with E-state index in [4.69, 9.17) is 16.2 Å². The van der Waals surface area contributed by atoms with Crippen molar-refractivity contribution in [1.82, 2.24) is 4.90 Å². The second kappa shape index (κ2) is 8.88. The van der Waals surface area contributed by atoms with Crippen molar-refractivity contribution in [1.29, 1.82) is 0 Å². The third-order valence-electron chi connectivity index (χ3n) is 4.73. The lowest BCUT2D eigenvalue weighted by Crippen LogP contribution is -2.34. The van der Waals surface area contributed by atoms with Gasteiger partial charge in [0.25, 0.3) is 5.91 Å². The summed E-state index contributed by atoms with van der Waals surface area (Å²) >= 11 is 0. The molecular weight excluding hydrogens is 366 g/mol. The summed E-state index contributed by atoms with van der Waals surface area (Å²) in [5, 5.41) is 0. The van der Waals surface area contributed by atoms with Crippen LogP contribution in [0.15, 0.2) is 48.5 Å². The summed E-state index contributed by atoms with van der Waals surface area (Å²) in [6, 6.07) is 13.8. The second-order valence-corrected chi connectivity index (χ2v) is 6.66. The smallest absolute Gasteiger partial charge is 0.254 e. The van der Waals surface area contributed by atoms with Gasteiger partial charge in [0.15, 0.2) is 0 Å². The summed E-state index contributed by atoms with van der Waals surface area (Å²) in [5.74, 6) is 1.12. The molecule has 2 aromatic carbocycles. The first kappa shape index (κ1) is 20.7. The number of rotatable bonds is 5. The van der Waals surface area contributed by atoms with Gasteiger partial charge in [-0.25, -0.2) is 0 Å². The molecule has 0 radical (unpaired) electrons. The Hall–Kier alpha value is -2.57. The number of ether oxygens (including phenoxy) is 1. The van der Waals surface area contributed by atoms with Gasteiger partial charge in [-0.05, 0) is 74.3 Å². The van der Waals surface area contributed by atoms with Gasteiger partial charge in [0.05, 0.1) is 0 Å². The number of hydrogen-bond donors (Lipinski definition) is 2. The third-order valence-corrected chi connectivity index (χ3v) is 4.73. The van der Waals surface area contributed by atoms with Crippen molar-refractivity contribution in [3.05, 3.63) is 59.7 Å². The second-order valence-electron chi connectivity index (χ2n) is 6.66. The summed E-state index contributed by atoms with van der Waals surface area (Å²) in [4.78, 5) is 25.7. The molecule has 1 aliphatic rings. The zero-order valence-corrected chi connectivity index (χ0v) is 15.9. The number of nitrogens with two attached hydrogens (primary N) is 2. The van der Waals surface area contributed by atoms with E-state index in [0.717, 1.165) is 6.42 Å². The number of primary amides is 1. The summed E-state index contributed by atoms with van der Waals surface area (Å²) in [6.45, 7) is 3.37. The lowest BCUT2D eigenvalue weighted by Gasteiger charge is -2.21. The predicted molar refractivity (Wildman–Crippen MR) is 106 cm³/mol. The molecular formula is C20H24ClN3O3. The molecule has 1 saturated heterocycles. The van der Waals surface area contributed by atoms with Crippen molar-refractivity contribution in [2.45, 2.75) is 19.4 Å². The van der Waals surface area contributed by atoms with Crippen molar-refractivity contribution in [3.63, 3.8) is 0 Å². The topological polar surface area (TPSA) is 98.7 Å². The maximum Gasteiger partial charge on any atom is 0.254 e. The van der Waals surface area contributed by atoms with Crippen LogP contribution >= 0.6 is 12.4 Å². The van der Waals surface area contributed by atoms with Crippen molar-refractivity contribution in [2.75, 3.05) is 13.1 Å². The minimum Gasteiger partial charge on any atom is -0.457 e. The Morgan fingerprint density at radius 1 is 1.04 bits per heavy atom. The van der Waals surface area contributed by atoms with Crippen LogP contribution in [0.5, 0.6) is 11.5 Å². The lowest BCUT2D eigenvalue weighted by atomic mass is 10.1. The van der Waals surface area contributed by atoms with Crippen molar-refractivity contribution in [3.8, 4) is 11.5 Å². The van der Waals surface area contributed by atoms with Crippen LogP contribution in [0.4, 0.5) is 0 Å². The van der Waals surface area contributed by atoms with Gasteiger partial charge in [-0.3, -0.25) is 9.59 Å². The number of likely N-dealkylation sites (tertiary alicyclic amines) is 1. The first-order valence-corrected chi connectivity index (χ1v) is 8.66. The van der Waals surface area contributed by atoms with Crippen LogP contribution in [0.25, 0.3) is 0 Å². The molecule has 2 aromatic rings. The van der Waals surface area contributed by atoms with Crippen molar-refractivity contribution in [2.24, 2.45) is 17.4 Å². The molecule has 3 rings (SSSR count). The van der Waals surface area contributed by atoms with Crippen LogP contribution in [0, 0.1) is 5.92 Å². The maximum atomic E-state index is 12.7. The van der Waals surface area contributed by atoms with Crippen molar-refractivity contribution >= 4 is 24.2 Å². The van der Waals surface area contributed by atoms with Gasteiger partial charge in [-0.2, -0.15) is 0 Å². The monoisotopic (exact) mass is 389 g/mol. The minimum absolute atomic E-state index is 0. The normalized spacial score (nSPS) is 18.7. The number of hydrogen-bond acceptors (Lipinski definition) is 4. The van der Waals surface area contributed by atoms with Crippen LogP contribution in [-0.2, 0) is 0 Å². The molecule has 2 amide bonds. The van der Waals surface area contributed by atoms with Gasteiger partial charge in [0, 0.05) is 23.7 Å². The molecule has 7 heteroatoms. The van der Waals surface area contributed by atoms with Gasteiger partial charge < -0.3 is 21.1 Å². The van der Waals surface area contributed by atoms with E-state index in [2.05, 4.69) is 6.92 Å². The maximum absolute atomic E-state index is 12.7. The van der Waals surface area contributed by atoms with Gasteiger partial charge in [-0.15, -0.1) is 12.4 Å². The SMILES string of the molecule is CC1CC(CN)CN1C(=O)c1ccc(Oc2ccc(C(N)=O)cc2)cc1.Cl. The molecule has 6 nitrogen and oxygen atoms in total. The summed E-state index contributed by atoms with van der Waals surface area (Å²) in [6.07, 6.45) is 0.949. The molecule has 1 fully saturated rings. The highest BCUT2D eigenvalue weighted by Gasteiger charge is 2.31. The molecule has 2 unspecified atom stereocenters. The average Bonchev–Trinajstić information content (AvgIpc) is 3.03. The van der Waals surface area contributed by atoms with Gasteiger partial charge >= 0.3 is 0 Å². The predicted octanol–water partition coefficient (Wildman–Crippen LogP) is 2.81. The number of amides is 2. The van der Waals surface area contributed by atoms with Gasteiger partial charge in [-0.1, -0.05) is 0 Å². The highest BCUT2D eigenvalue weighted by atomic mass is 35.5. The van der Waals surface area contributed by atoms with E-state index < -0.39 is 5.91 Å². The lowest BCUT2D eigenvalue weighted by molar-refractivity contribution is 0.0743. The minimum atomic E-state index is -0.479. The molecule has 1 heterocycles. The van der Waals surface area contributed by atoms with E-state index in [1.807, 2.05) is 4.90 Å². The number of nitrogens with zero attached hydrogens (tertiary/aromatic N) is 1. The summed E-state index contributed by atoms with van der Waals surface area (Å²) < 4.78 is 5.74. The summed E-state index contributed by atoms with van der Waals surface area (Å²) in [5.41, 5.74) is 12.0. The Morgan fingerprint density at radius 2 is 1.56 bits per heavy atom. The zero-order valence-electron chi connectivity index (χ0n) is 15.1. The fourth-order valence-corrected chi connectivity index (χ4v) is 3.25. The van der Waals surface area contributed by atoms with Crippen LogP contribution in [-0.4, -0.2) is 35.8 Å². The average molecular weight is 390 g/mol. The van der Waals surface area contributed by atoms with E-state index in [1.165, 1.54) is 0 Å². The molecule has 0 bridgehead atoms. The number of benzene rings is 2. The Morgan fingerprint density at radius 3 is 2.00 bits per heavy atom. The molecule has 0 saturated carbocycles.